The Labute approximate surface area is 117 Å². The van der Waals surface area contributed by atoms with Gasteiger partial charge in [-0.25, -0.2) is 5.43 Å². The molecule has 0 spiro atoms. The van der Waals surface area contributed by atoms with Crippen molar-refractivity contribution in [2.75, 3.05) is 0 Å². The number of benzene rings is 2. The number of aromatic hydroxyl groups is 1. The summed E-state index contributed by atoms with van der Waals surface area (Å²) in [7, 11) is 0. The van der Waals surface area contributed by atoms with Gasteiger partial charge >= 0.3 is 0 Å². The topological polar surface area (TPSA) is 61.7 Å². The maximum absolute atomic E-state index is 11.9. The zero-order valence-electron chi connectivity index (χ0n) is 11.4. The fourth-order valence-corrected chi connectivity index (χ4v) is 1.93. The number of amides is 1. The average molecular weight is 268 g/mol. The van der Waals surface area contributed by atoms with E-state index in [9.17, 15) is 9.90 Å². The summed E-state index contributed by atoms with van der Waals surface area (Å²) in [6.07, 6.45) is 1.41. The lowest BCUT2D eigenvalue weighted by atomic mass is 10.1. The lowest BCUT2D eigenvalue weighted by molar-refractivity contribution is 0.0955. The van der Waals surface area contributed by atoms with Gasteiger partial charge < -0.3 is 5.11 Å². The maximum Gasteiger partial charge on any atom is 0.271 e. The molecular formula is C16H16N2O2. The van der Waals surface area contributed by atoms with Crippen LogP contribution < -0.4 is 5.43 Å². The third-order valence-corrected chi connectivity index (χ3v) is 2.79. The molecule has 4 nitrogen and oxygen atoms in total. The highest BCUT2D eigenvalue weighted by Gasteiger charge is 2.05. The molecule has 0 aromatic heterocycles. The fraction of sp³-hybridized carbons (Fsp3) is 0.125. The number of phenolic OH excluding ortho intramolecular Hbond substituents is 1. The predicted molar refractivity (Wildman–Crippen MR) is 79.1 cm³/mol. The van der Waals surface area contributed by atoms with Crippen molar-refractivity contribution in [3.63, 3.8) is 0 Å². The minimum Gasteiger partial charge on any atom is -0.507 e. The Morgan fingerprint density at radius 3 is 2.45 bits per heavy atom. The zero-order valence-corrected chi connectivity index (χ0v) is 11.4. The molecule has 1 amide bonds. The van der Waals surface area contributed by atoms with Gasteiger partial charge in [0.2, 0.25) is 0 Å². The number of carbonyl (C=O) groups excluding carboxylic acids is 1. The van der Waals surface area contributed by atoms with Crippen LogP contribution in [0, 0.1) is 13.8 Å². The SMILES string of the molecule is Cc1cc(C)cc(C(=O)N/N=C/c2ccccc2O)c1. The first-order valence-electron chi connectivity index (χ1n) is 6.26. The summed E-state index contributed by atoms with van der Waals surface area (Å²) in [6.45, 7) is 3.88. The van der Waals surface area contributed by atoms with Crippen molar-refractivity contribution in [1.29, 1.82) is 0 Å². The van der Waals surface area contributed by atoms with E-state index in [2.05, 4.69) is 10.5 Å². The molecule has 4 heteroatoms. The molecule has 0 aliphatic heterocycles. The number of phenols is 1. The van der Waals surface area contributed by atoms with Crippen LogP contribution in [0.1, 0.15) is 27.0 Å². The molecule has 0 saturated carbocycles. The first kappa shape index (κ1) is 13.8. The van der Waals surface area contributed by atoms with E-state index in [-0.39, 0.29) is 11.7 Å². The molecule has 0 radical (unpaired) electrons. The second-order valence-electron chi connectivity index (χ2n) is 4.63. The molecule has 0 bridgehead atoms. The molecule has 0 saturated heterocycles. The number of aryl methyl sites for hydroxylation is 2. The quantitative estimate of drug-likeness (QED) is 0.664. The molecule has 0 aliphatic carbocycles. The lowest BCUT2D eigenvalue weighted by Gasteiger charge is -2.03. The number of hydrazone groups is 1. The minimum absolute atomic E-state index is 0.122. The van der Waals surface area contributed by atoms with Crippen molar-refractivity contribution in [3.8, 4) is 5.75 Å². The van der Waals surface area contributed by atoms with Crippen molar-refractivity contribution in [3.05, 3.63) is 64.7 Å². The summed E-state index contributed by atoms with van der Waals surface area (Å²) in [6, 6.07) is 12.4. The molecular weight excluding hydrogens is 252 g/mol. The summed E-state index contributed by atoms with van der Waals surface area (Å²) in [5, 5.41) is 13.4. The average Bonchev–Trinajstić information content (AvgIpc) is 2.39. The molecule has 0 fully saturated rings. The van der Waals surface area contributed by atoms with Crippen LogP contribution in [0.4, 0.5) is 0 Å². The van der Waals surface area contributed by atoms with Crippen LogP contribution in [0.25, 0.3) is 0 Å². The summed E-state index contributed by atoms with van der Waals surface area (Å²) in [5.41, 5.74) is 5.62. The molecule has 0 atom stereocenters. The molecule has 0 heterocycles. The Morgan fingerprint density at radius 2 is 1.80 bits per heavy atom. The minimum atomic E-state index is -0.275. The molecule has 2 aromatic carbocycles. The van der Waals surface area contributed by atoms with Crippen LogP contribution in [0.15, 0.2) is 47.6 Å². The number of hydrogen-bond donors (Lipinski definition) is 2. The Morgan fingerprint density at radius 1 is 1.15 bits per heavy atom. The second-order valence-corrected chi connectivity index (χ2v) is 4.63. The van der Waals surface area contributed by atoms with Crippen LogP contribution in [-0.4, -0.2) is 17.2 Å². The monoisotopic (exact) mass is 268 g/mol. The Bertz CT molecular complexity index is 643. The molecule has 2 rings (SSSR count). The lowest BCUT2D eigenvalue weighted by Crippen LogP contribution is -2.17. The maximum atomic E-state index is 11.9. The van der Waals surface area contributed by atoms with Gasteiger partial charge in [0, 0.05) is 11.1 Å². The number of para-hydroxylation sites is 1. The summed E-state index contributed by atoms with van der Waals surface area (Å²) in [4.78, 5) is 11.9. The molecule has 20 heavy (non-hydrogen) atoms. The Kier molecular flexibility index (Phi) is 4.15. The van der Waals surface area contributed by atoms with E-state index in [1.807, 2.05) is 19.9 Å². The Balaban J connectivity index is 2.07. The van der Waals surface area contributed by atoms with Crippen LogP contribution in [0.3, 0.4) is 0 Å². The smallest absolute Gasteiger partial charge is 0.271 e. The van der Waals surface area contributed by atoms with Crippen molar-refractivity contribution in [2.45, 2.75) is 13.8 Å². The van der Waals surface area contributed by atoms with E-state index in [1.54, 1.807) is 36.4 Å². The number of nitrogens with zero attached hydrogens (tertiary/aromatic N) is 1. The van der Waals surface area contributed by atoms with Gasteiger partial charge in [-0.3, -0.25) is 4.79 Å². The van der Waals surface area contributed by atoms with Gasteiger partial charge in [0.15, 0.2) is 0 Å². The van der Waals surface area contributed by atoms with Crippen molar-refractivity contribution < 1.29 is 9.90 Å². The highest BCUT2D eigenvalue weighted by Crippen LogP contribution is 2.12. The normalized spacial score (nSPS) is 10.7. The predicted octanol–water partition coefficient (Wildman–Crippen LogP) is 2.77. The first-order chi connectivity index (χ1) is 9.56. The van der Waals surface area contributed by atoms with Gasteiger partial charge in [0.25, 0.3) is 5.91 Å². The van der Waals surface area contributed by atoms with Crippen LogP contribution in [0.5, 0.6) is 5.75 Å². The summed E-state index contributed by atoms with van der Waals surface area (Å²) < 4.78 is 0. The molecule has 2 aromatic rings. The van der Waals surface area contributed by atoms with E-state index >= 15 is 0 Å². The third kappa shape index (κ3) is 3.45. The van der Waals surface area contributed by atoms with E-state index in [1.165, 1.54) is 6.21 Å². The highest BCUT2D eigenvalue weighted by molar-refractivity contribution is 5.95. The van der Waals surface area contributed by atoms with E-state index in [4.69, 9.17) is 0 Å². The number of carbonyl (C=O) groups is 1. The first-order valence-corrected chi connectivity index (χ1v) is 6.26. The Hall–Kier alpha value is -2.62. The largest absolute Gasteiger partial charge is 0.507 e. The molecule has 0 unspecified atom stereocenters. The van der Waals surface area contributed by atoms with Gasteiger partial charge in [-0.2, -0.15) is 5.10 Å². The third-order valence-electron chi connectivity index (χ3n) is 2.79. The van der Waals surface area contributed by atoms with Crippen molar-refractivity contribution in [1.82, 2.24) is 5.43 Å². The number of rotatable bonds is 3. The number of hydrogen-bond acceptors (Lipinski definition) is 3. The molecule has 102 valence electrons. The zero-order chi connectivity index (χ0) is 14.5. The second kappa shape index (κ2) is 6.02. The van der Waals surface area contributed by atoms with Gasteiger partial charge in [-0.1, -0.05) is 29.3 Å². The standard InChI is InChI=1S/C16H16N2O2/c1-11-7-12(2)9-14(8-11)16(20)18-17-10-13-5-3-4-6-15(13)19/h3-10,19H,1-2H3,(H,18,20)/b17-10+. The summed E-state index contributed by atoms with van der Waals surface area (Å²) in [5.74, 6) is -0.152. The van der Waals surface area contributed by atoms with E-state index in [0.717, 1.165) is 11.1 Å². The highest BCUT2D eigenvalue weighted by atomic mass is 16.3. The van der Waals surface area contributed by atoms with Gasteiger partial charge in [-0.05, 0) is 38.1 Å². The van der Waals surface area contributed by atoms with Gasteiger partial charge in [-0.15, -0.1) is 0 Å². The van der Waals surface area contributed by atoms with Crippen molar-refractivity contribution in [2.24, 2.45) is 5.10 Å². The van der Waals surface area contributed by atoms with Gasteiger partial charge in [0.05, 0.1) is 6.21 Å². The number of nitrogens with one attached hydrogen (secondary N) is 1. The fourth-order valence-electron chi connectivity index (χ4n) is 1.93. The van der Waals surface area contributed by atoms with Crippen molar-refractivity contribution >= 4 is 12.1 Å². The van der Waals surface area contributed by atoms with Gasteiger partial charge in [0.1, 0.15) is 5.75 Å². The van der Waals surface area contributed by atoms with E-state index in [0.29, 0.717) is 11.1 Å². The van der Waals surface area contributed by atoms with Crippen LogP contribution in [-0.2, 0) is 0 Å². The molecule has 0 aliphatic rings. The van der Waals surface area contributed by atoms with E-state index < -0.39 is 0 Å². The van der Waals surface area contributed by atoms with Crippen LogP contribution >= 0.6 is 0 Å². The summed E-state index contributed by atoms with van der Waals surface area (Å²) >= 11 is 0. The molecule has 2 N–H and O–H groups in total. The van der Waals surface area contributed by atoms with Crippen LogP contribution in [0.2, 0.25) is 0 Å².